The van der Waals surface area contributed by atoms with E-state index in [9.17, 15) is 9.59 Å². The highest BCUT2D eigenvalue weighted by molar-refractivity contribution is 5.92. The Bertz CT molecular complexity index is 783. The zero-order chi connectivity index (χ0) is 17.9. The zero-order valence-electron chi connectivity index (χ0n) is 14.5. The molecule has 0 N–H and O–H groups in total. The molecule has 3 saturated heterocycles. The van der Waals surface area contributed by atoms with Crippen LogP contribution in [0.1, 0.15) is 28.9 Å². The van der Waals surface area contributed by atoms with E-state index in [1.165, 1.54) is 12.4 Å². The first-order chi connectivity index (χ1) is 12.7. The molecule has 0 spiro atoms. The first kappa shape index (κ1) is 16.6. The fraction of sp³-hybridized carbons (Fsp3) is 0.421. The van der Waals surface area contributed by atoms with Crippen LogP contribution in [0.3, 0.4) is 0 Å². The molecule has 5 rings (SSSR count). The number of carbonyl (C=O) groups is 2. The van der Waals surface area contributed by atoms with Gasteiger partial charge in [-0.1, -0.05) is 6.07 Å². The highest BCUT2D eigenvalue weighted by atomic mass is 16.2. The molecule has 7 nitrogen and oxygen atoms in total. The summed E-state index contributed by atoms with van der Waals surface area (Å²) in [6.45, 7) is 1.95. The Balaban J connectivity index is 1.48. The fourth-order valence-corrected chi connectivity index (χ4v) is 3.90. The summed E-state index contributed by atoms with van der Waals surface area (Å²) < 4.78 is 0. The summed E-state index contributed by atoms with van der Waals surface area (Å²) in [7, 11) is 0. The molecule has 2 bridgehead atoms. The van der Waals surface area contributed by atoms with Crippen LogP contribution < -0.4 is 0 Å². The lowest BCUT2D eigenvalue weighted by molar-refractivity contribution is -0.134. The quantitative estimate of drug-likeness (QED) is 0.830. The third-order valence-electron chi connectivity index (χ3n) is 5.18. The Hall–Kier alpha value is -2.83. The number of aromatic nitrogens is 3. The predicted octanol–water partition coefficient (Wildman–Crippen LogP) is 1.18. The molecule has 2 atom stereocenters. The van der Waals surface area contributed by atoms with Gasteiger partial charge in [-0.05, 0) is 30.4 Å². The van der Waals surface area contributed by atoms with Gasteiger partial charge in [0.15, 0.2) is 0 Å². The molecule has 0 saturated carbocycles. The molecule has 7 heteroatoms. The van der Waals surface area contributed by atoms with Crippen LogP contribution >= 0.6 is 0 Å². The molecule has 26 heavy (non-hydrogen) atoms. The minimum atomic E-state index is -0.100. The standard InChI is InChI=1S/C19H21N5O2/c25-18(8-14-2-1-5-20-9-14)24-12-15-3-4-16(24)13-23(11-15)19(26)17-10-21-6-7-22-17/h1-2,5-7,9-10,15-16H,3-4,8,11-13H2/t15-,16+/m1/s1. The number of carbonyl (C=O) groups excluding carboxylic acids is 2. The third-order valence-corrected chi connectivity index (χ3v) is 5.18. The van der Waals surface area contributed by atoms with Gasteiger partial charge in [-0.15, -0.1) is 0 Å². The van der Waals surface area contributed by atoms with Gasteiger partial charge in [0.05, 0.1) is 12.6 Å². The molecule has 2 aromatic heterocycles. The molecule has 0 aromatic carbocycles. The maximum absolute atomic E-state index is 12.8. The van der Waals surface area contributed by atoms with Crippen molar-refractivity contribution in [3.05, 3.63) is 54.4 Å². The van der Waals surface area contributed by atoms with E-state index in [1.807, 2.05) is 21.9 Å². The predicted molar refractivity (Wildman–Crippen MR) is 94.1 cm³/mol. The number of piperidine rings is 1. The van der Waals surface area contributed by atoms with Gasteiger partial charge in [0.1, 0.15) is 5.69 Å². The molecule has 3 aliphatic heterocycles. The Kier molecular flexibility index (Phi) is 4.60. The first-order valence-electron chi connectivity index (χ1n) is 8.94. The number of rotatable bonds is 3. The van der Waals surface area contributed by atoms with Gasteiger partial charge in [0.25, 0.3) is 5.91 Å². The van der Waals surface area contributed by atoms with Crippen molar-refractivity contribution < 1.29 is 9.59 Å². The van der Waals surface area contributed by atoms with Crippen LogP contribution in [0.5, 0.6) is 0 Å². The van der Waals surface area contributed by atoms with Crippen LogP contribution in [0.15, 0.2) is 43.1 Å². The number of hydrogen-bond acceptors (Lipinski definition) is 5. The molecule has 5 heterocycles. The average molecular weight is 351 g/mol. The highest BCUT2D eigenvalue weighted by Gasteiger charge is 2.38. The summed E-state index contributed by atoms with van der Waals surface area (Å²) in [5, 5.41) is 0. The monoisotopic (exact) mass is 351 g/mol. The van der Waals surface area contributed by atoms with Gasteiger partial charge < -0.3 is 9.80 Å². The van der Waals surface area contributed by atoms with E-state index < -0.39 is 0 Å². The normalized spacial score (nSPS) is 22.2. The molecule has 2 amide bonds. The number of hydrogen-bond donors (Lipinski definition) is 0. The Morgan fingerprint density at radius 2 is 1.92 bits per heavy atom. The molecule has 3 fully saturated rings. The van der Waals surface area contributed by atoms with E-state index in [0.717, 1.165) is 18.4 Å². The minimum absolute atomic E-state index is 0.0681. The fourth-order valence-electron chi connectivity index (χ4n) is 3.90. The van der Waals surface area contributed by atoms with E-state index in [0.29, 0.717) is 37.7 Å². The lowest BCUT2D eigenvalue weighted by atomic mass is 9.94. The molecule has 0 aliphatic carbocycles. The van der Waals surface area contributed by atoms with E-state index in [4.69, 9.17) is 0 Å². The molecular weight excluding hydrogens is 330 g/mol. The topological polar surface area (TPSA) is 79.3 Å². The summed E-state index contributed by atoms with van der Waals surface area (Å²) >= 11 is 0. The van der Waals surface area contributed by atoms with Gasteiger partial charge in [-0.3, -0.25) is 19.6 Å². The Labute approximate surface area is 152 Å². The summed E-state index contributed by atoms with van der Waals surface area (Å²) in [6, 6.07) is 3.84. The van der Waals surface area contributed by atoms with Crippen molar-refractivity contribution in [3.63, 3.8) is 0 Å². The van der Waals surface area contributed by atoms with Crippen LogP contribution in [0.2, 0.25) is 0 Å². The van der Waals surface area contributed by atoms with E-state index in [2.05, 4.69) is 15.0 Å². The molecule has 0 radical (unpaired) electrons. The van der Waals surface area contributed by atoms with Crippen molar-refractivity contribution in [3.8, 4) is 0 Å². The van der Waals surface area contributed by atoms with E-state index in [1.54, 1.807) is 18.6 Å². The SMILES string of the molecule is O=C(c1cnccn1)N1C[C@H]2CC[C@@H](C1)N(C(=O)Cc1cccnc1)C2. The number of pyridine rings is 1. The van der Waals surface area contributed by atoms with Crippen molar-refractivity contribution in [2.45, 2.75) is 25.3 Å². The lowest BCUT2D eigenvalue weighted by Gasteiger charge is -2.36. The lowest BCUT2D eigenvalue weighted by Crippen LogP contribution is -2.48. The van der Waals surface area contributed by atoms with Crippen LogP contribution in [-0.4, -0.2) is 62.2 Å². The first-order valence-corrected chi connectivity index (χ1v) is 8.94. The molecule has 134 valence electrons. The minimum Gasteiger partial charge on any atom is -0.337 e. The van der Waals surface area contributed by atoms with Crippen molar-refractivity contribution >= 4 is 11.8 Å². The van der Waals surface area contributed by atoms with Gasteiger partial charge in [0.2, 0.25) is 5.91 Å². The number of fused-ring (bicyclic) bond motifs is 4. The molecule has 3 aliphatic rings. The Morgan fingerprint density at radius 3 is 2.69 bits per heavy atom. The van der Waals surface area contributed by atoms with Gasteiger partial charge in [0, 0.05) is 50.5 Å². The average Bonchev–Trinajstić information content (AvgIpc) is 3.01. The van der Waals surface area contributed by atoms with Crippen LogP contribution in [0.4, 0.5) is 0 Å². The van der Waals surface area contributed by atoms with Crippen molar-refractivity contribution in [2.24, 2.45) is 5.92 Å². The molecule has 0 unspecified atom stereocenters. The maximum atomic E-state index is 12.8. The van der Waals surface area contributed by atoms with Crippen molar-refractivity contribution in [1.29, 1.82) is 0 Å². The van der Waals surface area contributed by atoms with E-state index >= 15 is 0 Å². The summed E-state index contributed by atoms with van der Waals surface area (Å²) in [5.74, 6) is 0.324. The largest absolute Gasteiger partial charge is 0.337 e. The van der Waals surface area contributed by atoms with Crippen molar-refractivity contribution in [1.82, 2.24) is 24.8 Å². The van der Waals surface area contributed by atoms with Crippen LogP contribution in [0, 0.1) is 5.92 Å². The second-order valence-corrected chi connectivity index (χ2v) is 6.98. The van der Waals surface area contributed by atoms with Crippen molar-refractivity contribution in [2.75, 3.05) is 19.6 Å². The van der Waals surface area contributed by atoms with Gasteiger partial charge >= 0.3 is 0 Å². The second-order valence-electron chi connectivity index (χ2n) is 6.98. The number of amides is 2. The zero-order valence-corrected chi connectivity index (χ0v) is 14.5. The van der Waals surface area contributed by atoms with Gasteiger partial charge in [-0.2, -0.15) is 0 Å². The summed E-state index contributed by atoms with van der Waals surface area (Å²) in [4.78, 5) is 41.6. The maximum Gasteiger partial charge on any atom is 0.274 e. The Morgan fingerprint density at radius 1 is 1.04 bits per heavy atom. The van der Waals surface area contributed by atoms with Crippen LogP contribution in [-0.2, 0) is 11.2 Å². The highest BCUT2D eigenvalue weighted by Crippen LogP contribution is 2.29. The second kappa shape index (κ2) is 7.19. The van der Waals surface area contributed by atoms with Crippen LogP contribution in [0.25, 0.3) is 0 Å². The molecule has 2 aromatic rings. The number of nitrogens with zero attached hydrogens (tertiary/aromatic N) is 5. The smallest absolute Gasteiger partial charge is 0.274 e. The summed E-state index contributed by atoms with van der Waals surface area (Å²) in [5.41, 5.74) is 1.28. The third kappa shape index (κ3) is 3.42. The summed E-state index contributed by atoms with van der Waals surface area (Å²) in [6.07, 6.45) is 10.4. The van der Waals surface area contributed by atoms with Gasteiger partial charge in [-0.25, -0.2) is 4.98 Å². The van der Waals surface area contributed by atoms with E-state index in [-0.39, 0.29) is 17.9 Å². The molecular formula is C19H21N5O2.